The molecule has 1 amide bonds. The first kappa shape index (κ1) is 13.5. The molecule has 0 bridgehead atoms. The lowest BCUT2D eigenvalue weighted by Gasteiger charge is -2.10. The van der Waals surface area contributed by atoms with Gasteiger partial charge in [0.05, 0.1) is 12.2 Å². The van der Waals surface area contributed by atoms with Crippen molar-refractivity contribution < 1.29 is 4.79 Å². The molecule has 3 nitrogen and oxygen atoms in total. The summed E-state index contributed by atoms with van der Waals surface area (Å²) < 4.78 is 0. The Labute approximate surface area is 117 Å². The number of nitrogens with one attached hydrogen (secondary N) is 2. The molecule has 0 saturated heterocycles. The van der Waals surface area contributed by atoms with Crippen molar-refractivity contribution in [3.63, 3.8) is 0 Å². The third kappa shape index (κ3) is 4.03. The Kier molecular flexibility index (Phi) is 4.86. The molecule has 0 aliphatic rings. The summed E-state index contributed by atoms with van der Waals surface area (Å²) in [4.78, 5) is 12.9. The standard InChI is InChI=1S/C15H16N2OS/c1-19-14-10-6-5-9-13(14)17-15(18)11-16-12-7-3-2-4-8-12/h2-10,16H,11H2,1H3,(H,17,18). The number of carbonyl (C=O) groups excluding carboxylic acids is 1. The molecule has 98 valence electrons. The number of carbonyl (C=O) groups is 1. The van der Waals surface area contributed by atoms with Crippen molar-refractivity contribution in [3.05, 3.63) is 54.6 Å². The molecule has 0 radical (unpaired) electrons. The molecule has 0 aliphatic carbocycles. The maximum atomic E-state index is 11.9. The highest BCUT2D eigenvalue weighted by Crippen LogP contribution is 2.24. The van der Waals surface area contributed by atoms with Gasteiger partial charge in [0.15, 0.2) is 0 Å². The second-order valence-electron chi connectivity index (χ2n) is 3.97. The van der Waals surface area contributed by atoms with Gasteiger partial charge in [-0.1, -0.05) is 30.3 Å². The Hall–Kier alpha value is -1.94. The van der Waals surface area contributed by atoms with E-state index < -0.39 is 0 Å². The lowest BCUT2D eigenvalue weighted by molar-refractivity contribution is -0.114. The first-order valence-corrected chi connectivity index (χ1v) is 7.24. The minimum atomic E-state index is -0.0506. The highest BCUT2D eigenvalue weighted by molar-refractivity contribution is 7.98. The largest absolute Gasteiger partial charge is 0.376 e. The van der Waals surface area contributed by atoms with Crippen LogP contribution < -0.4 is 10.6 Å². The Morgan fingerprint density at radius 1 is 1.05 bits per heavy atom. The van der Waals surface area contributed by atoms with Gasteiger partial charge in [-0.25, -0.2) is 0 Å². The average Bonchev–Trinajstić information content (AvgIpc) is 2.47. The predicted molar refractivity (Wildman–Crippen MR) is 81.8 cm³/mol. The van der Waals surface area contributed by atoms with Crippen LogP contribution in [0.25, 0.3) is 0 Å². The molecule has 19 heavy (non-hydrogen) atoms. The monoisotopic (exact) mass is 272 g/mol. The Bertz CT molecular complexity index is 543. The molecule has 2 rings (SSSR count). The minimum Gasteiger partial charge on any atom is -0.376 e. The molecule has 2 aromatic rings. The van der Waals surface area contributed by atoms with Crippen LogP contribution >= 0.6 is 11.8 Å². The van der Waals surface area contributed by atoms with E-state index in [2.05, 4.69) is 10.6 Å². The second kappa shape index (κ2) is 6.85. The molecule has 0 fully saturated rings. The predicted octanol–water partition coefficient (Wildman–Crippen LogP) is 3.46. The van der Waals surface area contributed by atoms with Gasteiger partial charge in [-0.3, -0.25) is 4.79 Å². The van der Waals surface area contributed by atoms with Gasteiger partial charge in [0, 0.05) is 10.6 Å². The fraction of sp³-hybridized carbons (Fsp3) is 0.133. The maximum Gasteiger partial charge on any atom is 0.243 e. The van der Waals surface area contributed by atoms with Gasteiger partial charge >= 0.3 is 0 Å². The number of hydrogen-bond donors (Lipinski definition) is 2. The number of anilines is 2. The van der Waals surface area contributed by atoms with E-state index in [1.165, 1.54) is 0 Å². The van der Waals surface area contributed by atoms with Gasteiger partial charge in [0.1, 0.15) is 0 Å². The van der Waals surface area contributed by atoms with Crippen LogP contribution in [0.1, 0.15) is 0 Å². The normalized spacial score (nSPS) is 9.95. The van der Waals surface area contributed by atoms with E-state index in [-0.39, 0.29) is 12.5 Å². The van der Waals surface area contributed by atoms with Crippen LogP contribution in [0.2, 0.25) is 0 Å². The lowest BCUT2D eigenvalue weighted by Crippen LogP contribution is -2.21. The fourth-order valence-electron chi connectivity index (χ4n) is 1.68. The molecule has 0 aliphatic heterocycles. The summed E-state index contributed by atoms with van der Waals surface area (Å²) in [6.07, 6.45) is 1.99. The number of thioether (sulfide) groups is 1. The SMILES string of the molecule is CSc1ccccc1NC(=O)CNc1ccccc1. The molecule has 0 saturated carbocycles. The van der Waals surface area contributed by atoms with Crippen molar-refractivity contribution >= 4 is 29.0 Å². The number of amides is 1. The molecule has 0 atom stereocenters. The summed E-state index contributed by atoms with van der Waals surface area (Å²) in [5, 5.41) is 5.99. The number of hydrogen-bond acceptors (Lipinski definition) is 3. The quantitative estimate of drug-likeness (QED) is 0.819. The summed E-state index contributed by atoms with van der Waals surface area (Å²) in [6.45, 7) is 0.257. The Morgan fingerprint density at radius 2 is 1.74 bits per heavy atom. The summed E-state index contributed by atoms with van der Waals surface area (Å²) in [5.41, 5.74) is 1.80. The van der Waals surface area contributed by atoms with Crippen molar-refractivity contribution in [3.8, 4) is 0 Å². The number of benzene rings is 2. The van der Waals surface area contributed by atoms with E-state index in [9.17, 15) is 4.79 Å². The van der Waals surface area contributed by atoms with Crippen molar-refractivity contribution in [2.75, 3.05) is 23.4 Å². The van der Waals surface area contributed by atoms with Crippen LogP contribution in [-0.4, -0.2) is 18.7 Å². The number of para-hydroxylation sites is 2. The molecular weight excluding hydrogens is 256 g/mol. The first-order chi connectivity index (χ1) is 9.29. The van der Waals surface area contributed by atoms with Crippen molar-refractivity contribution in [2.24, 2.45) is 0 Å². The third-order valence-electron chi connectivity index (χ3n) is 2.61. The smallest absolute Gasteiger partial charge is 0.243 e. The van der Waals surface area contributed by atoms with Crippen LogP contribution in [0.3, 0.4) is 0 Å². The summed E-state index contributed by atoms with van der Waals surface area (Å²) in [6, 6.07) is 17.5. The summed E-state index contributed by atoms with van der Waals surface area (Å²) >= 11 is 1.62. The molecule has 2 N–H and O–H groups in total. The number of rotatable bonds is 5. The fourth-order valence-corrected chi connectivity index (χ4v) is 2.23. The Morgan fingerprint density at radius 3 is 2.47 bits per heavy atom. The second-order valence-corrected chi connectivity index (χ2v) is 4.82. The first-order valence-electron chi connectivity index (χ1n) is 6.01. The van der Waals surface area contributed by atoms with E-state index in [4.69, 9.17) is 0 Å². The summed E-state index contributed by atoms with van der Waals surface area (Å²) in [7, 11) is 0. The minimum absolute atomic E-state index is 0.0506. The lowest BCUT2D eigenvalue weighted by atomic mass is 10.3. The third-order valence-corrected chi connectivity index (χ3v) is 3.40. The van der Waals surface area contributed by atoms with E-state index in [1.54, 1.807) is 11.8 Å². The summed E-state index contributed by atoms with van der Waals surface area (Å²) in [5.74, 6) is -0.0506. The molecule has 0 aromatic heterocycles. The van der Waals surface area contributed by atoms with Crippen LogP contribution in [0.15, 0.2) is 59.5 Å². The zero-order valence-electron chi connectivity index (χ0n) is 10.7. The van der Waals surface area contributed by atoms with Crippen molar-refractivity contribution in [1.82, 2.24) is 0 Å². The van der Waals surface area contributed by atoms with Crippen LogP contribution in [0.5, 0.6) is 0 Å². The van der Waals surface area contributed by atoms with Crippen LogP contribution in [-0.2, 0) is 4.79 Å². The van der Waals surface area contributed by atoms with Crippen LogP contribution in [0.4, 0.5) is 11.4 Å². The Balaban J connectivity index is 1.91. The van der Waals surface area contributed by atoms with E-state index >= 15 is 0 Å². The van der Waals surface area contributed by atoms with Crippen molar-refractivity contribution in [2.45, 2.75) is 4.90 Å². The zero-order chi connectivity index (χ0) is 13.5. The zero-order valence-corrected chi connectivity index (χ0v) is 11.5. The van der Waals surface area contributed by atoms with E-state index in [0.717, 1.165) is 16.3 Å². The van der Waals surface area contributed by atoms with Crippen LogP contribution in [0, 0.1) is 0 Å². The highest BCUT2D eigenvalue weighted by atomic mass is 32.2. The van der Waals surface area contributed by atoms with Gasteiger partial charge < -0.3 is 10.6 Å². The molecule has 4 heteroatoms. The van der Waals surface area contributed by atoms with Gasteiger partial charge in [0.2, 0.25) is 5.91 Å². The van der Waals surface area contributed by atoms with Crippen molar-refractivity contribution in [1.29, 1.82) is 0 Å². The molecule has 2 aromatic carbocycles. The maximum absolute atomic E-state index is 11.9. The van der Waals surface area contributed by atoms with Gasteiger partial charge in [0.25, 0.3) is 0 Å². The highest BCUT2D eigenvalue weighted by Gasteiger charge is 2.05. The van der Waals surface area contributed by atoms with E-state index in [0.29, 0.717) is 0 Å². The molecule has 0 spiro atoms. The molecule has 0 unspecified atom stereocenters. The van der Waals surface area contributed by atoms with Gasteiger partial charge in [-0.2, -0.15) is 0 Å². The molecule has 0 heterocycles. The van der Waals surface area contributed by atoms with Gasteiger partial charge in [-0.15, -0.1) is 11.8 Å². The molecular formula is C15H16N2OS. The van der Waals surface area contributed by atoms with E-state index in [1.807, 2.05) is 60.9 Å². The topological polar surface area (TPSA) is 41.1 Å². The van der Waals surface area contributed by atoms with Gasteiger partial charge in [-0.05, 0) is 30.5 Å². The average molecular weight is 272 g/mol.